The highest BCUT2D eigenvalue weighted by Crippen LogP contribution is 2.26. The molecule has 1 amide bonds. The molecule has 4 rings (SSSR count). The predicted octanol–water partition coefficient (Wildman–Crippen LogP) is 4.57. The predicted molar refractivity (Wildman–Crippen MR) is 113 cm³/mol. The summed E-state index contributed by atoms with van der Waals surface area (Å²) in [4.78, 5) is 16.9. The highest BCUT2D eigenvalue weighted by atomic mass is 16.3. The second kappa shape index (κ2) is 7.80. The Morgan fingerprint density at radius 1 is 1.07 bits per heavy atom. The minimum Gasteiger partial charge on any atom is -0.461 e. The number of aryl methyl sites for hydroxylation is 2. The van der Waals surface area contributed by atoms with Crippen molar-refractivity contribution in [3.8, 4) is 0 Å². The van der Waals surface area contributed by atoms with Crippen LogP contribution in [-0.4, -0.2) is 42.4 Å². The molecule has 2 heterocycles. The fourth-order valence-electron chi connectivity index (χ4n) is 3.94. The molecule has 0 unspecified atom stereocenters. The largest absolute Gasteiger partial charge is 0.461 e. The second-order valence-electron chi connectivity index (χ2n) is 7.98. The van der Waals surface area contributed by atoms with Gasteiger partial charge in [0.15, 0.2) is 0 Å². The number of likely N-dealkylation sites (N-methyl/N-ethyl adjacent to an activating group) is 1. The van der Waals surface area contributed by atoms with E-state index in [0.717, 1.165) is 61.3 Å². The molecule has 28 heavy (non-hydrogen) atoms. The summed E-state index contributed by atoms with van der Waals surface area (Å²) in [6.07, 6.45) is 1.88. The van der Waals surface area contributed by atoms with Gasteiger partial charge in [0, 0.05) is 37.0 Å². The number of carbonyl (C=O) groups excluding carboxylic acids is 1. The van der Waals surface area contributed by atoms with Crippen molar-refractivity contribution in [3.63, 3.8) is 0 Å². The summed E-state index contributed by atoms with van der Waals surface area (Å²) in [5.74, 6) is 1.21. The maximum Gasteiger partial charge on any atom is 0.254 e. The number of para-hydroxylation sites is 1. The van der Waals surface area contributed by atoms with Crippen molar-refractivity contribution >= 4 is 16.9 Å². The van der Waals surface area contributed by atoms with E-state index < -0.39 is 0 Å². The van der Waals surface area contributed by atoms with Crippen LogP contribution < -0.4 is 0 Å². The highest BCUT2D eigenvalue weighted by Gasteiger charge is 2.27. The van der Waals surface area contributed by atoms with Crippen molar-refractivity contribution in [2.24, 2.45) is 0 Å². The Labute approximate surface area is 166 Å². The molecule has 0 bridgehead atoms. The van der Waals surface area contributed by atoms with Crippen molar-refractivity contribution in [1.29, 1.82) is 0 Å². The molecule has 0 radical (unpaired) electrons. The number of hydrogen-bond acceptors (Lipinski definition) is 3. The van der Waals surface area contributed by atoms with Crippen LogP contribution in [0.15, 0.2) is 46.9 Å². The monoisotopic (exact) mass is 376 g/mol. The van der Waals surface area contributed by atoms with Gasteiger partial charge < -0.3 is 14.2 Å². The molecular formula is C24H28N2O2. The lowest BCUT2D eigenvalue weighted by Crippen LogP contribution is -2.29. The van der Waals surface area contributed by atoms with E-state index in [9.17, 15) is 4.79 Å². The summed E-state index contributed by atoms with van der Waals surface area (Å²) in [5.41, 5.74) is 5.48. The van der Waals surface area contributed by atoms with E-state index in [1.807, 2.05) is 29.2 Å². The average molecular weight is 377 g/mol. The molecule has 0 N–H and O–H groups in total. The number of fused-ring (bicyclic) bond motifs is 2. The number of hydrogen-bond donors (Lipinski definition) is 0. The Morgan fingerprint density at radius 2 is 1.86 bits per heavy atom. The van der Waals surface area contributed by atoms with E-state index in [4.69, 9.17) is 4.42 Å². The molecular weight excluding hydrogens is 348 g/mol. The molecule has 1 aromatic heterocycles. The van der Waals surface area contributed by atoms with Gasteiger partial charge in [0.05, 0.1) is 0 Å². The molecule has 0 atom stereocenters. The summed E-state index contributed by atoms with van der Waals surface area (Å²) < 4.78 is 5.89. The van der Waals surface area contributed by atoms with Crippen molar-refractivity contribution in [2.75, 3.05) is 26.7 Å². The summed E-state index contributed by atoms with van der Waals surface area (Å²) in [7, 11) is 2.13. The summed E-state index contributed by atoms with van der Waals surface area (Å²) in [6.45, 7) is 7.66. The van der Waals surface area contributed by atoms with Gasteiger partial charge in [-0.15, -0.1) is 0 Å². The minimum atomic E-state index is 0.183. The van der Waals surface area contributed by atoms with Crippen LogP contribution in [0.1, 0.15) is 39.2 Å². The maximum absolute atomic E-state index is 12.6. The zero-order valence-electron chi connectivity index (χ0n) is 17.0. The normalized spacial score (nSPS) is 13.7. The first-order valence-corrected chi connectivity index (χ1v) is 10.1. The smallest absolute Gasteiger partial charge is 0.254 e. The molecule has 2 aromatic carbocycles. The first-order valence-electron chi connectivity index (χ1n) is 10.1. The number of amides is 1. The van der Waals surface area contributed by atoms with Crippen LogP contribution in [0.2, 0.25) is 0 Å². The summed E-state index contributed by atoms with van der Waals surface area (Å²) in [6, 6.07) is 14.5. The van der Waals surface area contributed by atoms with Crippen LogP contribution in [0.4, 0.5) is 0 Å². The fourth-order valence-corrected chi connectivity index (χ4v) is 3.94. The topological polar surface area (TPSA) is 36.7 Å². The molecule has 0 saturated carbocycles. The number of nitrogens with zero attached hydrogens (tertiary/aromatic N) is 2. The van der Waals surface area contributed by atoms with Gasteiger partial charge in [-0.05, 0) is 68.8 Å². The lowest BCUT2D eigenvalue weighted by molar-refractivity contribution is 0.0772. The Morgan fingerprint density at radius 3 is 2.68 bits per heavy atom. The van der Waals surface area contributed by atoms with Gasteiger partial charge >= 0.3 is 0 Å². The fraction of sp³-hybridized carbons (Fsp3) is 0.375. The first-order chi connectivity index (χ1) is 13.5. The maximum atomic E-state index is 12.6. The number of furan rings is 1. The lowest BCUT2D eigenvalue weighted by atomic mass is 10.0. The summed E-state index contributed by atoms with van der Waals surface area (Å²) >= 11 is 0. The molecule has 0 aliphatic carbocycles. The van der Waals surface area contributed by atoms with Gasteiger partial charge in [0.1, 0.15) is 11.3 Å². The summed E-state index contributed by atoms with van der Waals surface area (Å²) in [5, 5.41) is 1.16. The van der Waals surface area contributed by atoms with Crippen LogP contribution in [0.5, 0.6) is 0 Å². The minimum absolute atomic E-state index is 0.183. The molecule has 4 nitrogen and oxygen atoms in total. The Balaban J connectivity index is 1.24. The van der Waals surface area contributed by atoms with Crippen molar-refractivity contribution < 1.29 is 9.21 Å². The van der Waals surface area contributed by atoms with E-state index in [-0.39, 0.29) is 5.91 Å². The Kier molecular flexibility index (Phi) is 5.23. The van der Waals surface area contributed by atoms with E-state index in [1.165, 1.54) is 16.7 Å². The first kappa shape index (κ1) is 18.8. The highest BCUT2D eigenvalue weighted by molar-refractivity contribution is 5.98. The number of rotatable bonds is 7. The molecule has 0 fully saturated rings. The Hall–Kier alpha value is -2.59. The molecule has 1 aliphatic heterocycles. The van der Waals surface area contributed by atoms with E-state index in [2.05, 4.69) is 44.0 Å². The second-order valence-corrected chi connectivity index (χ2v) is 7.98. The molecule has 0 saturated heterocycles. The average Bonchev–Trinajstić information content (AvgIpc) is 3.22. The van der Waals surface area contributed by atoms with Gasteiger partial charge in [-0.25, -0.2) is 0 Å². The number of carbonyl (C=O) groups is 1. The van der Waals surface area contributed by atoms with Crippen molar-refractivity contribution in [2.45, 2.75) is 33.2 Å². The van der Waals surface area contributed by atoms with Crippen LogP contribution >= 0.6 is 0 Å². The van der Waals surface area contributed by atoms with E-state index >= 15 is 0 Å². The molecule has 4 heteroatoms. The van der Waals surface area contributed by atoms with Gasteiger partial charge in [0.2, 0.25) is 0 Å². The lowest BCUT2D eigenvalue weighted by Gasteiger charge is -2.19. The number of benzene rings is 2. The molecule has 1 aliphatic rings. The third kappa shape index (κ3) is 3.83. The van der Waals surface area contributed by atoms with Gasteiger partial charge in [0.25, 0.3) is 5.91 Å². The van der Waals surface area contributed by atoms with Gasteiger partial charge in [-0.3, -0.25) is 4.79 Å². The molecule has 3 aromatic rings. The zero-order chi connectivity index (χ0) is 19.7. The quantitative estimate of drug-likeness (QED) is 0.606. The molecule has 146 valence electrons. The van der Waals surface area contributed by atoms with Gasteiger partial charge in [-0.1, -0.05) is 24.3 Å². The van der Waals surface area contributed by atoms with E-state index in [0.29, 0.717) is 0 Å². The zero-order valence-corrected chi connectivity index (χ0v) is 17.0. The SMILES string of the molecule is Cc1cc2c(cc1C)C(=O)N(CCCN(C)CCc1cc3ccccc3o1)C2. The molecule has 0 spiro atoms. The van der Waals surface area contributed by atoms with Crippen LogP contribution in [-0.2, 0) is 13.0 Å². The third-order valence-corrected chi connectivity index (χ3v) is 5.78. The van der Waals surface area contributed by atoms with Gasteiger partial charge in [-0.2, -0.15) is 0 Å². The standard InChI is InChI=1S/C24H28N2O2/c1-17-13-20-16-26(24(27)22(20)14-18(17)2)11-6-10-25(3)12-9-21-15-19-7-4-5-8-23(19)28-21/h4-5,7-8,13-15H,6,9-12,16H2,1-3H3. The van der Waals surface area contributed by atoms with Crippen LogP contribution in [0, 0.1) is 13.8 Å². The van der Waals surface area contributed by atoms with Crippen LogP contribution in [0.3, 0.4) is 0 Å². The van der Waals surface area contributed by atoms with Crippen LogP contribution in [0.25, 0.3) is 11.0 Å². The van der Waals surface area contributed by atoms with E-state index in [1.54, 1.807) is 0 Å². The van der Waals surface area contributed by atoms with Crippen molar-refractivity contribution in [3.05, 3.63) is 70.5 Å². The third-order valence-electron chi connectivity index (χ3n) is 5.78. The Bertz CT molecular complexity index is 972. The van der Waals surface area contributed by atoms with Crippen molar-refractivity contribution in [1.82, 2.24) is 9.80 Å².